The molecule has 0 heterocycles. The molecular formula is C35H59NO17S7. The van der Waals surface area contributed by atoms with Gasteiger partial charge < -0.3 is 38.5 Å². The van der Waals surface area contributed by atoms with Crippen molar-refractivity contribution in [3.8, 4) is 0 Å². The first-order valence-corrected chi connectivity index (χ1v) is 23.6. The summed E-state index contributed by atoms with van der Waals surface area (Å²) in [7, 11) is -4.08. The first kappa shape index (κ1) is 60.1. The molecule has 0 atom stereocenters. The summed E-state index contributed by atoms with van der Waals surface area (Å²) >= 11 is 24.2. The molecule has 0 fully saturated rings. The molecule has 25 heteroatoms. The predicted octanol–water partition coefficient (Wildman–Crippen LogP) is 2.11. The van der Waals surface area contributed by atoms with E-state index in [4.69, 9.17) is 37.7 Å². The largest absolute Gasteiger partial charge is 0.465 e. The average Bonchev–Trinajstić information content (AvgIpc) is 3.15. The van der Waals surface area contributed by atoms with E-state index in [1.165, 1.54) is 13.8 Å². The minimum Gasteiger partial charge on any atom is -0.465 e. The summed E-state index contributed by atoms with van der Waals surface area (Å²) in [6, 6.07) is 0. The van der Waals surface area contributed by atoms with Gasteiger partial charge >= 0.3 is 35.8 Å². The van der Waals surface area contributed by atoms with Crippen molar-refractivity contribution in [3.05, 3.63) is 12.7 Å². The number of hydrogen-bond donors (Lipinski definition) is 8. The van der Waals surface area contributed by atoms with Crippen molar-refractivity contribution in [2.75, 3.05) is 93.1 Å². The van der Waals surface area contributed by atoms with E-state index in [9.17, 15) is 42.0 Å². The van der Waals surface area contributed by atoms with Gasteiger partial charge in [-0.25, -0.2) is 0 Å². The monoisotopic (exact) mass is 989 g/mol. The Morgan fingerprint density at radius 1 is 0.517 bits per heavy atom. The minimum absolute atomic E-state index is 0.0189. The summed E-state index contributed by atoms with van der Waals surface area (Å²) in [5.41, 5.74) is -3.83. The highest BCUT2D eigenvalue weighted by Crippen LogP contribution is 2.27. The van der Waals surface area contributed by atoms with Gasteiger partial charge in [0.1, 0.15) is 39.6 Å². The molecule has 2 N–H and O–H groups in total. The van der Waals surface area contributed by atoms with Crippen molar-refractivity contribution in [1.29, 1.82) is 0 Å². The Morgan fingerprint density at radius 2 is 0.750 bits per heavy atom. The topological polar surface area (TPSA) is 250 Å². The number of amides is 1. The Balaban J connectivity index is 0. The third-order valence-electron chi connectivity index (χ3n) is 7.14. The molecule has 0 saturated heterocycles. The molecule has 0 bridgehead atoms. The SMILES string of the molecule is C=CC(=O)NC(C)(C)CS(=O)(=O)O.O=C(CCS)OCC(COCC(COC(=O)CCS)(COC(=O)CCS)COC(=O)CCS)(COC(=O)CCS)COC(=O)CCS. The van der Waals surface area contributed by atoms with Gasteiger partial charge in [0, 0.05) is 34.5 Å². The molecule has 0 aromatic heterocycles. The number of nitrogens with one attached hydrogen (secondary N) is 1. The van der Waals surface area contributed by atoms with Gasteiger partial charge in [-0.05, 0) is 19.9 Å². The van der Waals surface area contributed by atoms with Gasteiger partial charge in [-0.3, -0.25) is 38.1 Å². The number of ether oxygens (including phenoxy) is 7. The maximum Gasteiger partial charge on any atom is 0.306 e. The highest BCUT2D eigenvalue weighted by Gasteiger charge is 2.41. The van der Waals surface area contributed by atoms with Gasteiger partial charge in [0.25, 0.3) is 10.1 Å². The molecule has 0 rings (SSSR count). The van der Waals surface area contributed by atoms with Gasteiger partial charge in [-0.15, -0.1) is 0 Å². The summed E-state index contributed by atoms with van der Waals surface area (Å²) in [6.07, 6.45) is 0.920. The quantitative estimate of drug-likeness (QED) is 0.0158. The highest BCUT2D eigenvalue weighted by molar-refractivity contribution is 7.85. The van der Waals surface area contributed by atoms with Crippen LogP contribution in [0.4, 0.5) is 0 Å². The Kier molecular flexibility index (Phi) is 33.6. The molecule has 60 heavy (non-hydrogen) atoms. The second kappa shape index (κ2) is 33.5. The van der Waals surface area contributed by atoms with E-state index >= 15 is 0 Å². The Morgan fingerprint density at radius 3 is 0.933 bits per heavy atom. The van der Waals surface area contributed by atoms with Crippen molar-refractivity contribution in [1.82, 2.24) is 5.32 Å². The Hall–Kier alpha value is -2.00. The highest BCUT2D eigenvalue weighted by atomic mass is 32.2. The molecule has 0 aromatic carbocycles. The number of hydrogen-bond acceptors (Lipinski definition) is 22. The molecule has 348 valence electrons. The summed E-state index contributed by atoms with van der Waals surface area (Å²) in [5.74, 6) is -3.38. The fraction of sp³-hybridized carbons (Fsp3) is 0.743. The van der Waals surface area contributed by atoms with Gasteiger partial charge in [0.2, 0.25) is 5.91 Å². The van der Waals surface area contributed by atoms with Crippen molar-refractivity contribution in [3.63, 3.8) is 0 Å². The minimum atomic E-state index is -4.08. The molecule has 0 radical (unpaired) electrons. The van der Waals surface area contributed by atoms with E-state index < -0.39 is 74.0 Å². The van der Waals surface area contributed by atoms with Crippen molar-refractivity contribution in [2.24, 2.45) is 10.8 Å². The number of carbonyl (C=O) groups excluding carboxylic acids is 7. The van der Waals surface area contributed by atoms with Crippen molar-refractivity contribution < 1.29 is 79.7 Å². The Labute approximate surface area is 384 Å². The summed E-state index contributed by atoms with van der Waals surface area (Å²) in [4.78, 5) is 84.6. The van der Waals surface area contributed by atoms with E-state index in [2.05, 4.69) is 87.7 Å². The normalized spacial score (nSPS) is 11.6. The van der Waals surface area contributed by atoms with Crippen LogP contribution < -0.4 is 5.32 Å². The lowest BCUT2D eigenvalue weighted by Gasteiger charge is -2.35. The van der Waals surface area contributed by atoms with Crippen LogP contribution in [-0.2, 0) is 76.8 Å². The van der Waals surface area contributed by atoms with E-state index in [1.807, 2.05) is 0 Å². The van der Waals surface area contributed by atoms with Crippen LogP contribution in [0.1, 0.15) is 52.4 Å². The molecule has 0 aliphatic heterocycles. The Bertz CT molecular complexity index is 1280. The first-order valence-electron chi connectivity index (χ1n) is 18.2. The van der Waals surface area contributed by atoms with Crippen LogP contribution in [0.5, 0.6) is 0 Å². The summed E-state index contributed by atoms with van der Waals surface area (Å²) < 4.78 is 68.1. The molecular weight excluding hydrogens is 931 g/mol. The third-order valence-corrected chi connectivity index (χ3v) is 9.57. The van der Waals surface area contributed by atoms with Gasteiger partial charge in [0.05, 0.1) is 73.9 Å². The first-order chi connectivity index (χ1) is 28.1. The molecule has 0 saturated carbocycles. The zero-order valence-corrected chi connectivity index (χ0v) is 39.9. The van der Waals surface area contributed by atoms with Crippen LogP contribution in [0.3, 0.4) is 0 Å². The molecule has 18 nitrogen and oxygen atoms in total. The van der Waals surface area contributed by atoms with Gasteiger partial charge in [-0.1, -0.05) is 6.58 Å². The standard InChI is InChI=1S/C28H46O13S6.C7H13NO4S/c29-21(1-7-42)36-15-27(16-37-22(30)2-8-43,17-38-23(31)3-9-44)13-35-14-28(18-39-24(32)4-10-45,19-40-25(33)5-11-46)20-41-26(34)6-12-47;1-4-6(9)8-7(2,3)5-13(10,11)12/h42-47H,1-20H2;4H,1,5H2,2-3H3,(H,8,9)(H,10,11,12). The lowest BCUT2D eigenvalue weighted by molar-refractivity contribution is -0.174. The second-order valence-electron chi connectivity index (χ2n) is 13.6. The molecule has 0 aliphatic carbocycles. The molecule has 0 unspecified atom stereocenters. The average molecular weight is 990 g/mol. The van der Waals surface area contributed by atoms with E-state index in [0.717, 1.165) is 6.08 Å². The zero-order chi connectivity index (χ0) is 46.3. The van der Waals surface area contributed by atoms with Crippen LogP contribution >= 0.6 is 75.8 Å². The van der Waals surface area contributed by atoms with Crippen molar-refractivity contribution >= 4 is 128 Å². The maximum atomic E-state index is 12.3. The number of carbonyl (C=O) groups is 7. The molecule has 0 aromatic rings. The van der Waals surface area contributed by atoms with Crippen LogP contribution in [0.25, 0.3) is 0 Å². The molecule has 0 aliphatic rings. The van der Waals surface area contributed by atoms with Crippen LogP contribution in [-0.4, -0.2) is 153 Å². The summed E-state index contributed by atoms with van der Waals surface area (Å²) in [6.45, 7) is 3.17. The lowest BCUT2D eigenvalue weighted by atomic mass is 9.90. The van der Waals surface area contributed by atoms with Crippen LogP contribution in [0.2, 0.25) is 0 Å². The van der Waals surface area contributed by atoms with Crippen LogP contribution in [0, 0.1) is 10.8 Å². The fourth-order valence-corrected chi connectivity index (χ4v) is 6.32. The van der Waals surface area contributed by atoms with E-state index in [0.29, 0.717) is 0 Å². The van der Waals surface area contributed by atoms with Crippen LogP contribution in [0.15, 0.2) is 12.7 Å². The third kappa shape index (κ3) is 31.8. The number of esters is 6. The van der Waals surface area contributed by atoms with Gasteiger partial charge in [0.15, 0.2) is 0 Å². The van der Waals surface area contributed by atoms with E-state index in [1.54, 1.807) is 0 Å². The lowest BCUT2D eigenvalue weighted by Crippen LogP contribution is -2.47. The fourth-order valence-electron chi connectivity index (χ4n) is 4.24. The maximum absolute atomic E-state index is 12.3. The number of thiol groups is 6. The number of rotatable bonds is 32. The van der Waals surface area contributed by atoms with Crippen molar-refractivity contribution in [2.45, 2.75) is 57.9 Å². The molecule has 1 amide bonds. The summed E-state index contributed by atoms with van der Waals surface area (Å²) in [5, 5.41) is 2.37. The second-order valence-corrected chi connectivity index (χ2v) is 17.7. The zero-order valence-electron chi connectivity index (χ0n) is 33.7. The van der Waals surface area contributed by atoms with E-state index in [-0.39, 0.29) is 126 Å². The molecule has 0 spiro atoms. The predicted molar refractivity (Wildman–Crippen MR) is 241 cm³/mol. The smallest absolute Gasteiger partial charge is 0.306 e. The van der Waals surface area contributed by atoms with Gasteiger partial charge in [-0.2, -0.15) is 84.2 Å².